The summed E-state index contributed by atoms with van der Waals surface area (Å²) in [4.78, 5) is 38.0. The third-order valence-corrected chi connectivity index (χ3v) is 14.4. The molecule has 0 aromatic carbocycles. The molecule has 0 N–H and O–H groups in total. The average Bonchev–Trinajstić information content (AvgIpc) is 3.42. The summed E-state index contributed by atoms with van der Waals surface area (Å²) in [6, 6.07) is 0. The van der Waals surface area contributed by atoms with Crippen LogP contribution in [0.2, 0.25) is 0 Å². The van der Waals surface area contributed by atoms with Crippen molar-refractivity contribution in [1.29, 1.82) is 0 Å². The number of quaternary nitrogens is 1. The standard InChI is InChI=1S/C70H120NO8P/c1-6-8-10-12-14-16-18-20-22-24-26-28-29-30-31-32-33-34-35-36-37-38-39-40-41-43-45-47-49-51-53-55-57-59-61-63-70(73)79-68(67-78-80(74,75)77-65-64-71(3,4)5)66-76-69(72)62-60-58-56-54-52-50-48-46-44-42-27-25-23-21-19-17-15-13-11-9-7-2/h8,10,14,16,20,22,25-28,30-31,33-34,36-37,39-40,43,45,68H,6-7,9,11-13,15,17-19,21,23-24,29,32,35,38,41-42,44,46-67H2,1-5H3/b10-8-,16-14-,22-20-,27-25-,28-26-,31-30-,34-33-,37-36-,40-39-,45-43-. The zero-order valence-corrected chi connectivity index (χ0v) is 52.9. The Morgan fingerprint density at radius 1 is 0.400 bits per heavy atom. The molecular formula is C70H120NO8P. The lowest BCUT2D eigenvalue weighted by atomic mass is 10.1. The van der Waals surface area contributed by atoms with Crippen molar-refractivity contribution >= 4 is 19.8 Å². The molecule has 0 aliphatic carbocycles. The quantitative estimate of drug-likeness (QED) is 0.0195. The first kappa shape index (κ1) is 76.4. The number of ether oxygens (including phenoxy) is 2. The van der Waals surface area contributed by atoms with Crippen molar-refractivity contribution < 1.29 is 42.1 Å². The van der Waals surface area contributed by atoms with Crippen molar-refractivity contribution in [1.82, 2.24) is 0 Å². The summed E-state index contributed by atoms with van der Waals surface area (Å²) in [5, 5.41) is 0. The second-order valence-corrected chi connectivity index (χ2v) is 23.8. The largest absolute Gasteiger partial charge is 0.756 e. The number of carbonyl (C=O) groups is 2. The predicted octanol–water partition coefficient (Wildman–Crippen LogP) is 20.1. The molecule has 0 heterocycles. The number of nitrogens with zero attached hydrogens (tertiary/aromatic N) is 1. The fourth-order valence-corrected chi connectivity index (χ4v) is 9.25. The van der Waals surface area contributed by atoms with Crippen LogP contribution in [0.15, 0.2) is 122 Å². The Morgan fingerprint density at radius 2 is 0.713 bits per heavy atom. The molecule has 10 heteroatoms. The number of hydrogen-bond acceptors (Lipinski definition) is 8. The second kappa shape index (κ2) is 60.0. The molecule has 0 aliphatic rings. The van der Waals surface area contributed by atoms with Gasteiger partial charge in [-0.05, 0) is 109 Å². The Morgan fingerprint density at radius 3 is 1.07 bits per heavy atom. The maximum atomic E-state index is 12.8. The number of phosphoric acid groups is 1. The molecule has 2 unspecified atom stereocenters. The molecule has 0 saturated heterocycles. The van der Waals surface area contributed by atoms with Crippen LogP contribution in [0.4, 0.5) is 0 Å². The summed E-state index contributed by atoms with van der Waals surface area (Å²) in [5.74, 6) is -0.851. The van der Waals surface area contributed by atoms with Gasteiger partial charge in [-0.2, -0.15) is 0 Å². The topological polar surface area (TPSA) is 111 Å². The molecule has 458 valence electrons. The summed E-state index contributed by atoms with van der Waals surface area (Å²) < 4.78 is 34.2. The van der Waals surface area contributed by atoms with Crippen LogP contribution in [0.25, 0.3) is 0 Å². The molecule has 0 aromatic heterocycles. The number of allylic oxidation sites excluding steroid dienone is 20. The summed E-state index contributed by atoms with van der Waals surface area (Å²) in [7, 11) is 1.15. The number of likely N-dealkylation sites (N-methyl/N-ethyl adjacent to an activating group) is 1. The highest BCUT2D eigenvalue weighted by Gasteiger charge is 2.22. The first-order valence-corrected chi connectivity index (χ1v) is 33.7. The van der Waals surface area contributed by atoms with Crippen LogP contribution in [0.5, 0.6) is 0 Å². The van der Waals surface area contributed by atoms with E-state index in [1.165, 1.54) is 116 Å². The SMILES string of the molecule is CC/C=C\C/C=C\C/C=C\C/C=C\C/C=C\C/C=C\C/C=C\C/C=C\C/C=C\CCCCCCCCCC(=O)OC(COC(=O)CCCCCCCCCCC/C=C\CCCCCCCCCC)COP(=O)([O-])OCC[N+](C)(C)C. The van der Waals surface area contributed by atoms with E-state index in [1.54, 1.807) is 0 Å². The molecular weight excluding hydrogens is 1010 g/mol. The summed E-state index contributed by atoms with van der Waals surface area (Å²) >= 11 is 0. The Labute approximate surface area is 492 Å². The average molecular weight is 1130 g/mol. The van der Waals surface area contributed by atoms with E-state index in [4.69, 9.17) is 18.5 Å². The first-order valence-electron chi connectivity index (χ1n) is 32.2. The maximum absolute atomic E-state index is 12.8. The summed E-state index contributed by atoms with van der Waals surface area (Å²) in [5.41, 5.74) is 0. The van der Waals surface area contributed by atoms with Gasteiger partial charge in [0.15, 0.2) is 6.10 Å². The van der Waals surface area contributed by atoms with E-state index in [2.05, 4.69) is 135 Å². The van der Waals surface area contributed by atoms with Crippen molar-refractivity contribution in [3.05, 3.63) is 122 Å². The first-order chi connectivity index (χ1) is 39.0. The van der Waals surface area contributed by atoms with Gasteiger partial charge < -0.3 is 27.9 Å². The van der Waals surface area contributed by atoms with Gasteiger partial charge in [-0.3, -0.25) is 14.2 Å². The molecule has 9 nitrogen and oxygen atoms in total. The summed E-state index contributed by atoms with van der Waals surface area (Å²) in [6.07, 6.45) is 85.4. The van der Waals surface area contributed by atoms with E-state index in [1.807, 2.05) is 21.1 Å². The van der Waals surface area contributed by atoms with Gasteiger partial charge in [0.05, 0.1) is 27.7 Å². The maximum Gasteiger partial charge on any atom is 0.306 e. The fraction of sp³-hybridized carbons (Fsp3) is 0.686. The number of unbranched alkanes of at least 4 members (excludes halogenated alkanes) is 24. The molecule has 0 aromatic rings. The van der Waals surface area contributed by atoms with Crippen molar-refractivity contribution in [2.45, 2.75) is 264 Å². The van der Waals surface area contributed by atoms with E-state index in [0.717, 1.165) is 109 Å². The van der Waals surface area contributed by atoms with E-state index < -0.39 is 32.5 Å². The minimum absolute atomic E-state index is 0.0390. The third kappa shape index (κ3) is 63.6. The number of esters is 2. The second-order valence-electron chi connectivity index (χ2n) is 22.4. The van der Waals surface area contributed by atoms with E-state index in [-0.39, 0.29) is 26.1 Å². The van der Waals surface area contributed by atoms with Gasteiger partial charge in [-0.15, -0.1) is 0 Å². The van der Waals surface area contributed by atoms with Crippen LogP contribution in [-0.2, 0) is 32.7 Å². The lowest BCUT2D eigenvalue weighted by Crippen LogP contribution is -2.37. The van der Waals surface area contributed by atoms with Crippen LogP contribution in [0, 0.1) is 0 Å². The number of hydrogen-bond donors (Lipinski definition) is 0. The van der Waals surface area contributed by atoms with Crippen LogP contribution in [0.3, 0.4) is 0 Å². The van der Waals surface area contributed by atoms with Crippen LogP contribution in [-0.4, -0.2) is 70.0 Å². The smallest absolute Gasteiger partial charge is 0.306 e. The highest BCUT2D eigenvalue weighted by Crippen LogP contribution is 2.38. The normalized spacial score (nSPS) is 14.0. The Bertz CT molecular complexity index is 1760. The molecule has 2 atom stereocenters. The molecule has 0 spiro atoms. The molecule has 80 heavy (non-hydrogen) atoms. The van der Waals surface area contributed by atoms with Crippen LogP contribution >= 0.6 is 7.82 Å². The minimum Gasteiger partial charge on any atom is -0.756 e. The van der Waals surface area contributed by atoms with Crippen molar-refractivity contribution in [2.24, 2.45) is 0 Å². The number of rotatable bonds is 58. The highest BCUT2D eigenvalue weighted by molar-refractivity contribution is 7.45. The van der Waals surface area contributed by atoms with Crippen LogP contribution in [0.1, 0.15) is 258 Å². The van der Waals surface area contributed by atoms with Crippen molar-refractivity contribution in [3.8, 4) is 0 Å². The molecule has 0 bridgehead atoms. The zero-order chi connectivity index (χ0) is 58.4. The van der Waals surface area contributed by atoms with Gasteiger partial charge in [-0.25, -0.2) is 0 Å². The Balaban J connectivity index is 4.17. The lowest BCUT2D eigenvalue weighted by Gasteiger charge is -2.28. The number of phosphoric ester groups is 1. The van der Waals surface area contributed by atoms with Crippen LogP contribution < -0.4 is 4.89 Å². The van der Waals surface area contributed by atoms with Gasteiger partial charge >= 0.3 is 11.9 Å². The molecule has 0 radical (unpaired) electrons. The molecule has 0 saturated carbocycles. The van der Waals surface area contributed by atoms with Gasteiger partial charge in [-0.1, -0.05) is 257 Å². The molecule has 0 aliphatic heterocycles. The minimum atomic E-state index is -4.65. The van der Waals surface area contributed by atoms with E-state index in [0.29, 0.717) is 17.4 Å². The molecule has 0 amide bonds. The predicted molar refractivity (Wildman–Crippen MR) is 341 cm³/mol. The van der Waals surface area contributed by atoms with Gasteiger partial charge in [0, 0.05) is 12.8 Å². The van der Waals surface area contributed by atoms with E-state index >= 15 is 0 Å². The molecule has 0 rings (SSSR count). The van der Waals surface area contributed by atoms with Crippen molar-refractivity contribution in [3.63, 3.8) is 0 Å². The van der Waals surface area contributed by atoms with Gasteiger partial charge in [0.25, 0.3) is 7.82 Å². The molecule has 0 fully saturated rings. The van der Waals surface area contributed by atoms with E-state index in [9.17, 15) is 19.0 Å². The Kier molecular flexibility index (Phi) is 57.3. The third-order valence-electron chi connectivity index (χ3n) is 13.5. The summed E-state index contributed by atoms with van der Waals surface area (Å²) in [6.45, 7) is 4.11. The monoisotopic (exact) mass is 1130 g/mol. The fourth-order valence-electron chi connectivity index (χ4n) is 8.53. The lowest BCUT2D eigenvalue weighted by molar-refractivity contribution is -0.870. The number of carbonyl (C=O) groups excluding carboxylic acids is 2. The Hall–Kier alpha value is -3.59. The zero-order valence-electron chi connectivity index (χ0n) is 52.0. The van der Waals surface area contributed by atoms with Crippen molar-refractivity contribution in [2.75, 3.05) is 47.5 Å². The highest BCUT2D eigenvalue weighted by atomic mass is 31.2. The van der Waals surface area contributed by atoms with Gasteiger partial charge in [0.2, 0.25) is 0 Å². The van der Waals surface area contributed by atoms with Gasteiger partial charge in [0.1, 0.15) is 19.8 Å².